The summed E-state index contributed by atoms with van der Waals surface area (Å²) in [4.78, 5) is 0. The van der Waals surface area contributed by atoms with Gasteiger partial charge in [-0.25, -0.2) is 0 Å². The third-order valence-electron chi connectivity index (χ3n) is 1.59. The van der Waals surface area contributed by atoms with Gasteiger partial charge in [-0.2, -0.15) is 0 Å². The van der Waals surface area contributed by atoms with Crippen molar-refractivity contribution >= 4 is 0 Å². The molecular formula is C9H21NO. The summed E-state index contributed by atoms with van der Waals surface area (Å²) in [6.07, 6.45) is 0.941. The second kappa shape index (κ2) is 5.56. The molecule has 2 heteroatoms. The molecule has 0 unspecified atom stereocenters. The fraction of sp³-hybridized carbons (Fsp3) is 1.00. The quantitative estimate of drug-likeness (QED) is 0.635. The average Bonchev–Trinajstić information content (AvgIpc) is 1.82. The molecule has 0 amide bonds. The zero-order valence-electron chi connectivity index (χ0n) is 8.09. The van der Waals surface area contributed by atoms with Crippen molar-refractivity contribution in [2.45, 2.75) is 46.3 Å². The van der Waals surface area contributed by atoms with Gasteiger partial charge < -0.3 is 10.4 Å². The van der Waals surface area contributed by atoms with E-state index in [4.69, 9.17) is 5.11 Å². The van der Waals surface area contributed by atoms with Gasteiger partial charge in [-0.15, -0.1) is 0 Å². The van der Waals surface area contributed by atoms with E-state index in [9.17, 15) is 0 Å². The van der Waals surface area contributed by atoms with Gasteiger partial charge in [0.15, 0.2) is 0 Å². The molecule has 0 aromatic rings. The maximum atomic E-state index is 8.97. The van der Waals surface area contributed by atoms with Crippen LogP contribution in [0.25, 0.3) is 0 Å². The first-order valence-electron chi connectivity index (χ1n) is 4.43. The molecule has 0 aromatic carbocycles. The molecule has 2 N–H and O–H groups in total. The van der Waals surface area contributed by atoms with Crippen molar-refractivity contribution in [1.82, 2.24) is 5.32 Å². The standard InChI is InChI=1S/C9H21NO/c1-7(2)5-8(3)10-6-9(4)11/h7-11H,5-6H2,1-4H3/t8-,9-/m0/s1. The Labute approximate surface area is 70.0 Å². The van der Waals surface area contributed by atoms with E-state index in [0.29, 0.717) is 12.6 Å². The van der Waals surface area contributed by atoms with E-state index in [-0.39, 0.29) is 6.10 Å². The molecule has 0 saturated carbocycles. The lowest BCUT2D eigenvalue weighted by Gasteiger charge is -2.16. The SMILES string of the molecule is CC(C)C[C@H](C)NC[C@H](C)O. The summed E-state index contributed by atoms with van der Waals surface area (Å²) < 4.78 is 0. The summed E-state index contributed by atoms with van der Waals surface area (Å²) in [6.45, 7) is 9.08. The fourth-order valence-electron chi connectivity index (χ4n) is 1.16. The third-order valence-corrected chi connectivity index (χ3v) is 1.59. The van der Waals surface area contributed by atoms with Crippen molar-refractivity contribution in [2.75, 3.05) is 6.54 Å². The second-order valence-electron chi connectivity index (χ2n) is 3.79. The minimum atomic E-state index is -0.232. The summed E-state index contributed by atoms with van der Waals surface area (Å²) in [6, 6.07) is 0.518. The number of aliphatic hydroxyl groups is 1. The van der Waals surface area contributed by atoms with E-state index in [1.54, 1.807) is 6.92 Å². The molecule has 0 fully saturated rings. The van der Waals surface area contributed by atoms with E-state index < -0.39 is 0 Å². The molecular weight excluding hydrogens is 138 g/mol. The first-order chi connectivity index (χ1) is 5.02. The zero-order valence-corrected chi connectivity index (χ0v) is 8.09. The van der Waals surface area contributed by atoms with Crippen molar-refractivity contribution in [2.24, 2.45) is 5.92 Å². The molecule has 0 aliphatic heterocycles. The van der Waals surface area contributed by atoms with E-state index >= 15 is 0 Å². The molecule has 2 nitrogen and oxygen atoms in total. The normalized spacial score (nSPS) is 16.9. The molecule has 0 spiro atoms. The van der Waals surface area contributed by atoms with Crippen LogP contribution in [0.5, 0.6) is 0 Å². The van der Waals surface area contributed by atoms with Crippen LogP contribution in [0.2, 0.25) is 0 Å². The Morgan fingerprint density at radius 3 is 2.09 bits per heavy atom. The monoisotopic (exact) mass is 159 g/mol. The van der Waals surface area contributed by atoms with Crippen LogP contribution in [0.1, 0.15) is 34.1 Å². The molecule has 0 heterocycles. The van der Waals surface area contributed by atoms with Crippen LogP contribution in [0, 0.1) is 5.92 Å². The molecule has 0 radical (unpaired) electrons. The molecule has 0 rings (SSSR count). The van der Waals surface area contributed by atoms with Gasteiger partial charge in [-0.05, 0) is 26.2 Å². The Balaban J connectivity index is 3.29. The van der Waals surface area contributed by atoms with E-state index in [1.807, 2.05) is 0 Å². The molecule has 0 saturated heterocycles. The number of hydrogen-bond acceptors (Lipinski definition) is 2. The van der Waals surface area contributed by atoms with Crippen LogP contribution in [-0.2, 0) is 0 Å². The Kier molecular flexibility index (Phi) is 5.51. The van der Waals surface area contributed by atoms with Crippen LogP contribution in [0.3, 0.4) is 0 Å². The second-order valence-corrected chi connectivity index (χ2v) is 3.79. The molecule has 0 aromatic heterocycles. The summed E-state index contributed by atoms with van der Waals surface area (Å²) in [5.41, 5.74) is 0. The third kappa shape index (κ3) is 7.82. The first-order valence-corrected chi connectivity index (χ1v) is 4.43. The maximum absolute atomic E-state index is 8.97. The van der Waals surface area contributed by atoms with Gasteiger partial charge in [0, 0.05) is 12.6 Å². The predicted molar refractivity (Wildman–Crippen MR) is 48.6 cm³/mol. The number of rotatable bonds is 5. The van der Waals surface area contributed by atoms with Crippen LogP contribution in [-0.4, -0.2) is 23.8 Å². The number of hydrogen-bond donors (Lipinski definition) is 2. The van der Waals surface area contributed by atoms with Crippen molar-refractivity contribution in [3.63, 3.8) is 0 Å². The van der Waals surface area contributed by atoms with Crippen molar-refractivity contribution in [1.29, 1.82) is 0 Å². The Morgan fingerprint density at radius 2 is 1.73 bits per heavy atom. The van der Waals surface area contributed by atoms with Gasteiger partial charge in [0.1, 0.15) is 0 Å². The molecule has 0 bridgehead atoms. The van der Waals surface area contributed by atoms with Gasteiger partial charge >= 0.3 is 0 Å². The largest absolute Gasteiger partial charge is 0.392 e. The highest BCUT2D eigenvalue weighted by molar-refractivity contribution is 4.64. The number of aliphatic hydroxyl groups excluding tert-OH is 1. The van der Waals surface area contributed by atoms with Crippen LogP contribution >= 0.6 is 0 Å². The lowest BCUT2D eigenvalue weighted by atomic mass is 10.1. The molecule has 0 aliphatic rings. The molecule has 2 atom stereocenters. The predicted octanol–water partition coefficient (Wildman–Crippen LogP) is 1.39. The Bertz CT molecular complexity index is 91.6. The molecule has 0 aliphatic carbocycles. The highest BCUT2D eigenvalue weighted by Crippen LogP contribution is 2.03. The Morgan fingerprint density at radius 1 is 1.18 bits per heavy atom. The number of nitrogens with one attached hydrogen (secondary N) is 1. The summed E-state index contributed by atoms with van der Waals surface area (Å²) in [5.74, 6) is 0.728. The first kappa shape index (κ1) is 10.9. The van der Waals surface area contributed by atoms with E-state index in [1.165, 1.54) is 6.42 Å². The van der Waals surface area contributed by atoms with Gasteiger partial charge in [0.25, 0.3) is 0 Å². The van der Waals surface area contributed by atoms with Gasteiger partial charge in [0.2, 0.25) is 0 Å². The topological polar surface area (TPSA) is 32.3 Å². The summed E-state index contributed by atoms with van der Waals surface area (Å²) >= 11 is 0. The van der Waals surface area contributed by atoms with Crippen LogP contribution in [0.4, 0.5) is 0 Å². The molecule has 11 heavy (non-hydrogen) atoms. The minimum Gasteiger partial charge on any atom is -0.392 e. The van der Waals surface area contributed by atoms with Crippen molar-refractivity contribution in [3.05, 3.63) is 0 Å². The highest BCUT2D eigenvalue weighted by Gasteiger charge is 2.04. The smallest absolute Gasteiger partial charge is 0.0636 e. The van der Waals surface area contributed by atoms with Crippen LogP contribution in [0.15, 0.2) is 0 Å². The summed E-state index contributed by atoms with van der Waals surface area (Å²) in [5, 5.41) is 12.2. The average molecular weight is 159 g/mol. The minimum absolute atomic E-state index is 0.232. The van der Waals surface area contributed by atoms with Gasteiger partial charge in [-0.3, -0.25) is 0 Å². The van der Waals surface area contributed by atoms with Gasteiger partial charge in [-0.1, -0.05) is 13.8 Å². The molecule has 68 valence electrons. The zero-order chi connectivity index (χ0) is 8.85. The summed E-state index contributed by atoms with van der Waals surface area (Å²) in [7, 11) is 0. The maximum Gasteiger partial charge on any atom is 0.0636 e. The van der Waals surface area contributed by atoms with E-state index in [0.717, 1.165) is 5.92 Å². The lowest BCUT2D eigenvalue weighted by Crippen LogP contribution is -2.33. The lowest BCUT2D eigenvalue weighted by molar-refractivity contribution is 0.185. The van der Waals surface area contributed by atoms with Gasteiger partial charge in [0.05, 0.1) is 6.10 Å². The van der Waals surface area contributed by atoms with Crippen LogP contribution < -0.4 is 5.32 Å². The highest BCUT2D eigenvalue weighted by atomic mass is 16.3. The van der Waals surface area contributed by atoms with Crippen molar-refractivity contribution in [3.8, 4) is 0 Å². The fourth-order valence-corrected chi connectivity index (χ4v) is 1.16. The Hall–Kier alpha value is -0.0800. The van der Waals surface area contributed by atoms with E-state index in [2.05, 4.69) is 26.1 Å². The van der Waals surface area contributed by atoms with Crippen molar-refractivity contribution < 1.29 is 5.11 Å².